The Kier molecular flexibility index (Phi) is 8.15. The van der Waals surface area contributed by atoms with Crippen LogP contribution >= 0.6 is 0 Å². The van der Waals surface area contributed by atoms with Crippen LogP contribution in [0.1, 0.15) is 12.5 Å². The Labute approximate surface area is 251 Å². The smallest absolute Gasteiger partial charge is 0.323 e. The number of pyridine rings is 2. The molecule has 44 heavy (non-hydrogen) atoms. The molecule has 1 aliphatic heterocycles. The summed E-state index contributed by atoms with van der Waals surface area (Å²) in [6, 6.07) is 15.5. The number of morpholine rings is 1. The molecule has 6 rings (SSSR count). The Balaban J connectivity index is 1.29. The third-order valence-corrected chi connectivity index (χ3v) is 7.03. The SMILES string of the molecule is CC(=O)Cc1ccc(NC(=O)Nc2ccc(-c3nc(N4CCOCC4)c4ncc(-c5cccnc5F)cc4n3)c(F)c2)cc1. The van der Waals surface area contributed by atoms with Crippen LogP contribution in [0.25, 0.3) is 33.5 Å². The van der Waals surface area contributed by atoms with Crippen molar-refractivity contribution < 1.29 is 23.1 Å². The highest BCUT2D eigenvalue weighted by Gasteiger charge is 2.21. The molecule has 1 fully saturated rings. The summed E-state index contributed by atoms with van der Waals surface area (Å²) in [4.78, 5) is 43.5. The third kappa shape index (κ3) is 6.35. The average Bonchev–Trinajstić information content (AvgIpc) is 3.01. The van der Waals surface area contributed by atoms with Gasteiger partial charge in [0, 0.05) is 54.4 Å². The van der Waals surface area contributed by atoms with Gasteiger partial charge in [0.2, 0.25) is 5.95 Å². The molecule has 0 spiro atoms. The van der Waals surface area contributed by atoms with Crippen LogP contribution in [0.3, 0.4) is 0 Å². The summed E-state index contributed by atoms with van der Waals surface area (Å²) in [7, 11) is 0. The van der Waals surface area contributed by atoms with E-state index in [1.165, 1.54) is 25.3 Å². The lowest BCUT2D eigenvalue weighted by Gasteiger charge is -2.28. The van der Waals surface area contributed by atoms with Crippen LogP contribution in [-0.4, -0.2) is 58.1 Å². The van der Waals surface area contributed by atoms with Crippen molar-refractivity contribution in [1.29, 1.82) is 0 Å². The lowest BCUT2D eigenvalue weighted by Crippen LogP contribution is -2.37. The fraction of sp³-hybridized carbons (Fsp3) is 0.188. The van der Waals surface area contributed by atoms with Gasteiger partial charge in [0.1, 0.15) is 17.1 Å². The topological polar surface area (TPSA) is 122 Å². The summed E-state index contributed by atoms with van der Waals surface area (Å²) in [5.41, 5.74) is 3.34. The van der Waals surface area contributed by atoms with Crippen molar-refractivity contribution in [2.75, 3.05) is 41.8 Å². The fourth-order valence-corrected chi connectivity index (χ4v) is 4.93. The van der Waals surface area contributed by atoms with Gasteiger partial charge < -0.3 is 20.3 Å². The van der Waals surface area contributed by atoms with E-state index < -0.39 is 17.8 Å². The highest BCUT2D eigenvalue weighted by atomic mass is 19.1. The second kappa shape index (κ2) is 12.5. The number of nitrogens with zero attached hydrogens (tertiary/aromatic N) is 5. The van der Waals surface area contributed by atoms with E-state index in [1.54, 1.807) is 54.7 Å². The van der Waals surface area contributed by atoms with Gasteiger partial charge in [-0.3, -0.25) is 9.78 Å². The lowest BCUT2D eigenvalue weighted by molar-refractivity contribution is -0.116. The van der Waals surface area contributed by atoms with Gasteiger partial charge in [-0.1, -0.05) is 12.1 Å². The van der Waals surface area contributed by atoms with Crippen LogP contribution in [0, 0.1) is 11.8 Å². The minimum absolute atomic E-state index is 0.0434. The molecule has 0 atom stereocenters. The van der Waals surface area contributed by atoms with Crippen molar-refractivity contribution in [3.8, 4) is 22.5 Å². The molecule has 222 valence electrons. The monoisotopic (exact) mass is 595 g/mol. The van der Waals surface area contributed by atoms with Gasteiger partial charge in [-0.05, 0) is 61.0 Å². The number of urea groups is 1. The zero-order chi connectivity index (χ0) is 30.6. The van der Waals surface area contributed by atoms with Crippen LogP contribution in [0.4, 0.5) is 30.8 Å². The molecule has 2 aromatic carbocycles. The minimum atomic E-state index is -0.647. The number of hydrogen-bond donors (Lipinski definition) is 2. The normalized spacial score (nSPS) is 13.1. The molecule has 2 N–H and O–H groups in total. The number of ether oxygens (including phenoxy) is 1. The third-order valence-electron chi connectivity index (χ3n) is 7.03. The zero-order valence-electron chi connectivity index (χ0n) is 23.7. The first kappa shape index (κ1) is 28.7. The second-order valence-corrected chi connectivity index (χ2v) is 10.3. The Morgan fingerprint density at radius 2 is 1.66 bits per heavy atom. The number of carbonyl (C=O) groups excluding carboxylic acids is 2. The van der Waals surface area contributed by atoms with Gasteiger partial charge in [0.25, 0.3) is 0 Å². The number of halogens is 2. The molecule has 0 unspecified atom stereocenters. The van der Waals surface area contributed by atoms with Crippen molar-refractivity contribution in [3.63, 3.8) is 0 Å². The molecule has 0 saturated carbocycles. The zero-order valence-corrected chi connectivity index (χ0v) is 23.7. The summed E-state index contributed by atoms with van der Waals surface area (Å²) in [5, 5.41) is 5.31. The number of amides is 2. The number of Topliss-reactive ketones (excluding diaryl/α,β-unsaturated/α-hetero) is 1. The van der Waals surface area contributed by atoms with Gasteiger partial charge in [0.05, 0.1) is 24.3 Å². The standard InChI is InChI=1S/C32H27F2N7O3/c1-19(42)15-20-4-6-22(7-5-20)37-32(43)38-23-8-9-25(26(33)17-23)30-39-27-16-21(24-3-2-10-35-29(24)34)18-36-28(27)31(40-30)41-11-13-44-14-12-41/h2-10,16-18H,11-15H2,1H3,(H2,37,38,43). The summed E-state index contributed by atoms with van der Waals surface area (Å²) in [6.07, 6.45) is 3.22. The van der Waals surface area contributed by atoms with Crippen molar-refractivity contribution in [2.45, 2.75) is 13.3 Å². The van der Waals surface area contributed by atoms with E-state index in [0.29, 0.717) is 60.8 Å². The Morgan fingerprint density at radius 1 is 0.909 bits per heavy atom. The van der Waals surface area contributed by atoms with Crippen LogP contribution in [-0.2, 0) is 16.0 Å². The lowest BCUT2D eigenvalue weighted by atomic mass is 10.1. The predicted octanol–water partition coefficient (Wildman–Crippen LogP) is 5.64. The largest absolute Gasteiger partial charge is 0.378 e. The van der Waals surface area contributed by atoms with Crippen molar-refractivity contribution in [3.05, 3.63) is 90.4 Å². The highest BCUT2D eigenvalue weighted by Crippen LogP contribution is 2.32. The Hall–Kier alpha value is -5.36. The number of nitrogens with one attached hydrogen (secondary N) is 2. The summed E-state index contributed by atoms with van der Waals surface area (Å²) >= 11 is 0. The van der Waals surface area contributed by atoms with Crippen molar-refractivity contribution >= 4 is 40.0 Å². The molecular weight excluding hydrogens is 568 g/mol. The second-order valence-electron chi connectivity index (χ2n) is 10.3. The number of hydrogen-bond acceptors (Lipinski definition) is 8. The maximum Gasteiger partial charge on any atom is 0.323 e. The molecule has 1 saturated heterocycles. The van der Waals surface area contributed by atoms with Crippen LogP contribution in [0.2, 0.25) is 0 Å². The molecule has 0 bridgehead atoms. The number of aromatic nitrogens is 4. The molecule has 12 heteroatoms. The Morgan fingerprint density at radius 3 is 2.39 bits per heavy atom. The van der Waals surface area contributed by atoms with E-state index in [9.17, 15) is 14.0 Å². The minimum Gasteiger partial charge on any atom is -0.378 e. The van der Waals surface area contributed by atoms with E-state index in [1.807, 2.05) is 4.90 Å². The van der Waals surface area contributed by atoms with E-state index in [2.05, 4.69) is 25.6 Å². The summed E-state index contributed by atoms with van der Waals surface area (Å²) < 4.78 is 35.5. The average molecular weight is 596 g/mol. The number of carbonyl (C=O) groups is 2. The van der Waals surface area contributed by atoms with E-state index >= 15 is 4.39 Å². The first-order valence-corrected chi connectivity index (χ1v) is 13.9. The molecule has 0 aliphatic carbocycles. The summed E-state index contributed by atoms with van der Waals surface area (Å²) in [5.74, 6) is -0.613. The molecule has 4 heterocycles. The van der Waals surface area contributed by atoms with Gasteiger partial charge in [0.15, 0.2) is 11.6 Å². The van der Waals surface area contributed by atoms with Gasteiger partial charge in [-0.15, -0.1) is 0 Å². The quantitative estimate of drug-likeness (QED) is 0.232. The van der Waals surface area contributed by atoms with Crippen LogP contribution in [0.5, 0.6) is 0 Å². The molecule has 5 aromatic rings. The van der Waals surface area contributed by atoms with Crippen molar-refractivity contribution in [2.24, 2.45) is 0 Å². The predicted molar refractivity (Wildman–Crippen MR) is 162 cm³/mol. The van der Waals surface area contributed by atoms with Gasteiger partial charge >= 0.3 is 6.03 Å². The van der Waals surface area contributed by atoms with E-state index in [-0.39, 0.29) is 28.4 Å². The summed E-state index contributed by atoms with van der Waals surface area (Å²) in [6.45, 7) is 3.63. The van der Waals surface area contributed by atoms with Crippen LogP contribution < -0.4 is 15.5 Å². The molecule has 3 aromatic heterocycles. The molecule has 0 radical (unpaired) electrons. The van der Waals surface area contributed by atoms with E-state index in [4.69, 9.17) is 9.72 Å². The van der Waals surface area contributed by atoms with Crippen LogP contribution in [0.15, 0.2) is 73.1 Å². The molecule has 1 aliphatic rings. The maximum absolute atomic E-state index is 15.5. The maximum atomic E-state index is 15.5. The first-order chi connectivity index (χ1) is 21.3. The number of rotatable bonds is 7. The van der Waals surface area contributed by atoms with Crippen molar-refractivity contribution in [1.82, 2.24) is 19.9 Å². The van der Waals surface area contributed by atoms with E-state index in [0.717, 1.165) is 5.56 Å². The number of anilines is 3. The molecular formula is C32H27F2N7O3. The highest BCUT2D eigenvalue weighted by molar-refractivity contribution is 6.00. The molecule has 10 nitrogen and oxygen atoms in total. The number of benzene rings is 2. The Bertz CT molecular complexity index is 1860. The number of ketones is 1. The number of fused-ring (bicyclic) bond motifs is 1. The van der Waals surface area contributed by atoms with Gasteiger partial charge in [-0.2, -0.15) is 4.39 Å². The first-order valence-electron chi connectivity index (χ1n) is 13.9. The molecule has 2 amide bonds. The fourth-order valence-electron chi connectivity index (χ4n) is 4.93. The van der Waals surface area contributed by atoms with Gasteiger partial charge in [-0.25, -0.2) is 24.1 Å².